The lowest BCUT2D eigenvalue weighted by molar-refractivity contribution is -0.150. The first-order valence-corrected chi connectivity index (χ1v) is 14.1. The highest BCUT2D eigenvalue weighted by molar-refractivity contribution is 6.24. The van der Waals surface area contributed by atoms with Gasteiger partial charge in [0.05, 0.1) is 6.10 Å². The van der Waals surface area contributed by atoms with Crippen LogP contribution in [0, 0.1) is 0 Å². The number of carbonyl (C=O) groups is 1. The zero-order valence-electron chi connectivity index (χ0n) is 23.3. The fourth-order valence-corrected chi connectivity index (χ4v) is 5.50. The smallest absolute Gasteiger partial charge is 0.344 e. The van der Waals surface area contributed by atoms with Gasteiger partial charge < -0.3 is 9.47 Å². The number of benzene rings is 6. The van der Waals surface area contributed by atoms with E-state index in [-0.39, 0.29) is 18.7 Å². The first kappa shape index (κ1) is 26.3. The second kappa shape index (κ2) is 11.7. The van der Waals surface area contributed by atoms with Crippen molar-refractivity contribution in [2.75, 3.05) is 6.61 Å². The van der Waals surface area contributed by atoms with E-state index in [1.165, 1.54) is 43.8 Å². The maximum absolute atomic E-state index is 12.1. The van der Waals surface area contributed by atoms with E-state index in [1.54, 1.807) is 0 Å². The molecule has 0 aliphatic heterocycles. The topological polar surface area (TPSA) is 35.5 Å². The molecule has 3 heteroatoms. The van der Waals surface area contributed by atoms with Gasteiger partial charge in [-0.25, -0.2) is 4.79 Å². The van der Waals surface area contributed by atoms with Crippen molar-refractivity contribution in [3.05, 3.63) is 127 Å². The molecule has 0 amide bonds. The van der Waals surface area contributed by atoms with Gasteiger partial charge in [-0.15, -0.1) is 0 Å². The van der Waals surface area contributed by atoms with Crippen LogP contribution in [0.15, 0.2) is 127 Å². The summed E-state index contributed by atoms with van der Waals surface area (Å²) in [6, 6.07) is 44.5. The van der Waals surface area contributed by atoms with E-state index in [9.17, 15) is 4.79 Å². The normalized spacial score (nSPS) is 11.9. The summed E-state index contributed by atoms with van der Waals surface area (Å²) < 4.78 is 11.1. The van der Waals surface area contributed by atoms with Crippen molar-refractivity contribution >= 4 is 27.5 Å². The van der Waals surface area contributed by atoms with Gasteiger partial charge in [-0.05, 0) is 80.4 Å². The molecule has 0 N–H and O–H groups in total. The van der Waals surface area contributed by atoms with Crippen LogP contribution in [0.2, 0.25) is 0 Å². The van der Waals surface area contributed by atoms with Crippen molar-refractivity contribution in [2.24, 2.45) is 0 Å². The molecule has 0 saturated carbocycles. The van der Waals surface area contributed by atoms with Crippen LogP contribution in [0.5, 0.6) is 5.75 Å². The molecule has 3 nitrogen and oxygen atoms in total. The van der Waals surface area contributed by atoms with Gasteiger partial charge >= 0.3 is 5.97 Å². The molecule has 0 saturated heterocycles. The van der Waals surface area contributed by atoms with Crippen LogP contribution in [0.4, 0.5) is 0 Å². The number of fused-ring (bicyclic) bond motifs is 2. The fourth-order valence-electron chi connectivity index (χ4n) is 5.50. The third kappa shape index (κ3) is 5.31. The molecule has 0 fully saturated rings. The maximum atomic E-state index is 12.1. The molecule has 6 aromatic rings. The van der Waals surface area contributed by atoms with Gasteiger partial charge in [-0.3, -0.25) is 0 Å². The summed E-state index contributed by atoms with van der Waals surface area (Å²) in [4.78, 5) is 12.1. The van der Waals surface area contributed by atoms with Crippen LogP contribution >= 0.6 is 0 Å². The number of esters is 1. The average molecular weight is 537 g/mol. The Kier molecular flexibility index (Phi) is 7.51. The van der Waals surface area contributed by atoms with Gasteiger partial charge in [0.25, 0.3) is 0 Å². The van der Waals surface area contributed by atoms with Crippen molar-refractivity contribution in [1.82, 2.24) is 0 Å². The van der Waals surface area contributed by atoms with Crippen LogP contribution in [0.3, 0.4) is 0 Å². The molecule has 1 atom stereocenters. The molecule has 0 aromatic heterocycles. The van der Waals surface area contributed by atoms with Gasteiger partial charge in [-0.2, -0.15) is 0 Å². The summed E-state index contributed by atoms with van der Waals surface area (Å²) in [5.41, 5.74) is 7.06. The van der Waals surface area contributed by atoms with Crippen molar-refractivity contribution in [2.45, 2.75) is 26.4 Å². The lowest BCUT2D eigenvalue weighted by Gasteiger charge is -2.20. The van der Waals surface area contributed by atoms with Crippen molar-refractivity contribution in [1.29, 1.82) is 0 Å². The highest BCUT2D eigenvalue weighted by Gasteiger charge is 2.19. The molecule has 6 rings (SSSR count). The summed E-state index contributed by atoms with van der Waals surface area (Å²) in [5.74, 6) is 0.277. The fraction of sp³-hybridized carbons (Fsp3) is 0.132. The summed E-state index contributed by atoms with van der Waals surface area (Å²) in [7, 11) is 0. The Morgan fingerprint density at radius 1 is 0.610 bits per heavy atom. The van der Waals surface area contributed by atoms with E-state index in [0.29, 0.717) is 5.75 Å². The van der Waals surface area contributed by atoms with Crippen molar-refractivity contribution < 1.29 is 14.3 Å². The minimum atomic E-state index is -0.356. The SMILES string of the molecule is CCC(C)OC(=O)COc1ccc(-c2cccc3c(-c4ccccc4)c4ccccc4c(-c4ccccc4)c23)cc1. The van der Waals surface area contributed by atoms with E-state index < -0.39 is 0 Å². The Bertz CT molecular complexity index is 1810. The van der Waals surface area contributed by atoms with Crippen LogP contribution in [-0.4, -0.2) is 18.7 Å². The van der Waals surface area contributed by atoms with Gasteiger partial charge in [0.15, 0.2) is 6.61 Å². The number of carbonyl (C=O) groups excluding carboxylic acids is 1. The largest absolute Gasteiger partial charge is 0.482 e. The second-order valence-electron chi connectivity index (χ2n) is 10.3. The molecule has 202 valence electrons. The first-order valence-electron chi connectivity index (χ1n) is 14.1. The summed E-state index contributed by atoms with van der Waals surface area (Å²) >= 11 is 0. The molecule has 0 radical (unpaired) electrons. The number of rotatable bonds is 8. The minimum Gasteiger partial charge on any atom is -0.482 e. The van der Waals surface area contributed by atoms with E-state index >= 15 is 0 Å². The van der Waals surface area contributed by atoms with Crippen molar-refractivity contribution in [3.8, 4) is 39.1 Å². The highest BCUT2D eigenvalue weighted by Crippen LogP contribution is 2.46. The molecule has 0 spiro atoms. The average Bonchev–Trinajstić information content (AvgIpc) is 3.03. The Balaban J connectivity index is 1.52. The Labute approximate surface area is 241 Å². The van der Waals surface area contributed by atoms with Gasteiger partial charge in [0.1, 0.15) is 5.75 Å². The van der Waals surface area contributed by atoms with E-state index in [2.05, 4.69) is 115 Å². The Morgan fingerprint density at radius 2 is 1.17 bits per heavy atom. The van der Waals surface area contributed by atoms with Gasteiger partial charge in [0.2, 0.25) is 0 Å². The van der Waals surface area contributed by atoms with E-state index in [1.807, 2.05) is 26.0 Å². The van der Waals surface area contributed by atoms with E-state index in [4.69, 9.17) is 9.47 Å². The lowest BCUT2D eigenvalue weighted by atomic mass is 9.83. The van der Waals surface area contributed by atoms with Crippen molar-refractivity contribution in [3.63, 3.8) is 0 Å². The molecule has 0 aliphatic rings. The van der Waals surface area contributed by atoms with Crippen LogP contribution < -0.4 is 4.74 Å². The number of hydrogen-bond donors (Lipinski definition) is 0. The molecule has 41 heavy (non-hydrogen) atoms. The van der Waals surface area contributed by atoms with Gasteiger partial charge in [0, 0.05) is 0 Å². The van der Waals surface area contributed by atoms with Gasteiger partial charge in [-0.1, -0.05) is 122 Å². The molecular formula is C38H32O3. The van der Waals surface area contributed by atoms with Crippen LogP contribution in [-0.2, 0) is 9.53 Å². The Hall–Kier alpha value is -4.89. The second-order valence-corrected chi connectivity index (χ2v) is 10.3. The number of hydrogen-bond acceptors (Lipinski definition) is 3. The predicted octanol–water partition coefficient (Wildman–Crippen LogP) is 9.71. The van der Waals surface area contributed by atoms with E-state index in [0.717, 1.165) is 17.5 Å². The third-order valence-electron chi connectivity index (χ3n) is 7.60. The Morgan fingerprint density at radius 3 is 1.80 bits per heavy atom. The maximum Gasteiger partial charge on any atom is 0.344 e. The quantitative estimate of drug-likeness (QED) is 0.143. The molecule has 0 bridgehead atoms. The summed E-state index contributed by atoms with van der Waals surface area (Å²) in [6.07, 6.45) is 0.660. The zero-order chi connectivity index (χ0) is 28.2. The standard InChI is InChI=1S/C38H32O3/c1-3-26(2)41-35(39)25-40-30-23-21-27(22-24-30)31-19-12-20-34-36(28-13-6-4-7-14-28)32-17-10-11-18-33(32)37(38(31)34)29-15-8-5-9-16-29/h4-24,26H,3,25H2,1-2H3. The first-order chi connectivity index (χ1) is 20.1. The van der Waals surface area contributed by atoms with Crippen LogP contribution in [0.1, 0.15) is 20.3 Å². The monoisotopic (exact) mass is 536 g/mol. The third-order valence-corrected chi connectivity index (χ3v) is 7.60. The summed E-state index contributed by atoms with van der Waals surface area (Å²) in [6.45, 7) is 3.76. The van der Waals surface area contributed by atoms with Crippen LogP contribution in [0.25, 0.3) is 54.9 Å². The molecule has 0 aliphatic carbocycles. The predicted molar refractivity (Wildman–Crippen MR) is 169 cm³/mol. The molecular weight excluding hydrogens is 504 g/mol. The molecule has 0 heterocycles. The number of ether oxygens (including phenoxy) is 2. The minimum absolute atomic E-state index is 0.109. The highest BCUT2D eigenvalue weighted by atomic mass is 16.6. The summed E-state index contributed by atoms with van der Waals surface area (Å²) in [5, 5.41) is 4.87. The zero-order valence-corrected chi connectivity index (χ0v) is 23.3. The lowest BCUT2D eigenvalue weighted by Crippen LogP contribution is -2.20. The molecule has 6 aromatic carbocycles. The molecule has 1 unspecified atom stereocenters.